The van der Waals surface area contributed by atoms with Gasteiger partial charge in [-0.3, -0.25) is 4.79 Å². The number of nitrogens with zero attached hydrogens (tertiary/aromatic N) is 1. The summed E-state index contributed by atoms with van der Waals surface area (Å²) in [6.07, 6.45) is 3.74. The predicted molar refractivity (Wildman–Crippen MR) is 136 cm³/mol. The molecule has 0 radical (unpaired) electrons. The summed E-state index contributed by atoms with van der Waals surface area (Å²) < 4.78 is 11.6. The van der Waals surface area contributed by atoms with Crippen LogP contribution in [0.15, 0.2) is 78.9 Å². The second kappa shape index (κ2) is 11.9. The van der Waals surface area contributed by atoms with E-state index in [1.54, 1.807) is 42.5 Å². The molecule has 0 bridgehead atoms. The predicted octanol–water partition coefficient (Wildman–Crippen LogP) is 6.86. The molecule has 1 amide bonds. The Hall–Kier alpha value is -3.72. The zero-order valence-corrected chi connectivity index (χ0v) is 20.0. The van der Waals surface area contributed by atoms with Crippen molar-refractivity contribution < 1.29 is 14.3 Å². The van der Waals surface area contributed by atoms with Crippen molar-refractivity contribution in [1.82, 2.24) is 0 Å². The smallest absolute Gasteiger partial charge is 0.266 e. The number of nitrogens with one attached hydrogen (secondary N) is 1. The van der Waals surface area contributed by atoms with Gasteiger partial charge in [-0.05, 0) is 66.1 Å². The third-order valence-electron chi connectivity index (χ3n) is 4.77. The number of allylic oxidation sites excluding steroid dienone is 1. The topological polar surface area (TPSA) is 71.4 Å². The highest BCUT2D eigenvalue weighted by Gasteiger charge is 2.15. The molecule has 0 atom stereocenters. The van der Waals surface area contributed by atoms with Crippen LogP contribution in [0.3, 0.4) is 0 Å². The standard InChI is InChI=1S/C27H22Cl2N2O3/c1-3-6-20-11-19(12-21(16-30)27(32)31-24-10-5-9-23(29)15-24)14-25(33-2)26(20)34-17-18-7-4-8-22(28)13-18/h3-5,7-15H,1,6,17H2,2H3,(H,31,32)/b21-12+. The molecule has 34 heavy (non-hydrogen) atoms. The molecule has 3 rings (SSSR count). The molecule has 0 fully saturated rings. The molecule has 172 valence electrons. The van der Waals surface area contributed by atoms with E-state index in [-0.39, 0.29) is 5.57 Å². The molecule has 0 saturated carbocycles. The van der Waals surface area contributed by atoms with E-state index in [0.717, 1.165) is 11.1 Å². The normalized spacial score (nSPS) is 10.8. The van der Waals surface area contributed by atoms with Crippen LogP contribution in [0.25, 0.3) is 6.08 Å². The first-order valence-corrected chi connectivity index (χ1v) is 11.1. The van der Waals surface area contributed by atoms with Crippen LogP contribution in [0.2, 0.25) is 10.0 Å². The third-order valence-corrected chi connectivity index (χ3v) is 5.24. The van der Waals surface area contributed by atoms with Gasteiger partial charge in [0.05, 0.1) is 7.11 Å². The zero-order chi connectivity index (χ0) is 24.5. The summed E-state index contributed by atoms with van der Waals surface area (Å²) in [5, 5.41) is 13.4. The number of ether oxygens (including phenoxy) is 2. The Morgan fingerprint density at radius 2 is 1.85 bits per heavy atom. The molecule has 5 nitrogen and oxygen atoms in total. The molecule has 0 aromatic heterocycles. The fraction of sp³-hybridized carbons (Fsp3) is 0.111. The molecule has 0 spiro atoms. The van der Waals surface area contributed by atoms with Crippen LogP contribution in [0, 0.1) is 11.3 Å². The average Bonchev–Trinajstić information content (AvgIpc) is 2.81. The summed E-state index contributed by atoms with van der Waals surface area (Å²) in [7, 11) is 1.53. The van der Waals surface area contributed by atoms with Gasteiger partial charge in [0.1, 0.15) is 18.2 Å². The second-order valence-electron chi connectivity index (χ2n) is 7.26. The first-order valence-electron chi connectivity index (χ1n) is 10.3. The number of hydrogen-bond acceptors (Lipinski definition) is 4. The molecule has 0 unspecified atom stereocenters. The molecule has 3 aromatic carbocycles. The number of rotatable bonds is 9. The van der Waals surface area contributed by atoms with Crippen LogP contribution in [0.5, 0.6) is 11.5 Å². The third kappa shape index (κ3) is 6.64. The van der Waals surface area contributed by atoms with Gasteiger partial charge in [0.2, 0.25) is 0 Å². The fourth-order valence-corrected chi connectivity index (χ4v) is 3.65. The molecule has 0 aliphatic heterocycles. The molecule has 0 heterocycles. The molecule has 0 aliphatic rings. The Balaban J connectivity index is 1.90. The van der Waals surface area contributed by atoms with E-state index in [4.69, 9.17) is 32.7 Å². The van der Waals surface area contributed by atoms with Gasteiger partial charge < -0.3 is 14.8 Å². The minimum Gasteiger partial charge on any atom is -0.493 e. The van der Waals surface area contributed by atoms with E-state index in [0.29, 0.717) is 45.8 Å². The first-order chi connectivity index (χ1) is 16.4. The SMILES string of the molecule is C=CCc1cc(/C=C(\C#N)C(=O)Nc2cccc(Cl)c2)cc(OC)c1OCc1cccc(Cl)c1. The maximum Gasteiger partial charge on any atom is 0.266 e. The molecule has 1 N–H and O–H groups in total. The zero-order valence-electron chi connectivity index (χ0n) is 18.5. The highest BCUT2D eigenvalue weighted by molar-refractivity contribution is 6.31. The van der Waals surface area contributed by atoms with Crippen molar-refractivity contribution in [3.8, 4) is 17.6 Å². The number of carbonyl (C=O) groups is 1. The van der Waals surface area contributed by atoms with Crippen LogP contribution in [-0.2, 0) is 17.8 Å². The number of hydrogen-bond donors (Lipinski definition) is 1. The lowest BCUT2D eigenvalue weighted by Crippen LogP contribution is -2.13. The maximum atomic E-state index is 12.7. The lowest BCUT2D eigenvalue weighted by molar-refractivity contribution is -0.112. The van der Waals surface area contributed by atoms with E-state index < -0.39 is 5.91 Å². The molecular weight excluding hydrogens is 471 g/mol. The van der Waals surface area contributed by atoms with Crippen LogP contribution in [-0.4, -0.2) is 13.0 Å². The Morgan fingerprint density at radius 3 is 2.50 bits per heavy atom. The minimum absolute atomic E-state index is 0.0702. The van der Waals surface area contributed by atoms with Gasteiger partial charge in [0.25, 0.3) is 5.91 Å². The molecule has 7 heteroatoms. The number of benzene rings is 3. The fourth-order valence-electron chi connectivity index (χ4n) is 3.25. The van der Waals surface area contributed by atoms with E-state index in [1.807, 2.05) is 30.3 Å². The van der Waals surface area contributed by atoms with Crippen LogP contribution in [0.4, 0.5) is 5.69 Å². The number of amides is 1. The molecule has 0 aliphatic carbocycles. The largest absolute Gasteiger partial charge is 0.493 e. The van der Waals surface area contributed by atoms with Gasteiger partial charge in [-0.25, -0.2) is 0 Å². The van der Waals surface area contributed by atoms with Gasteiger partial charge in [-0.2, -0.15) is 5.26 Å². The monoisotopic (exact) mass is 492 g/mol. The number of nitriles is 1. The Labute approximate surface area is 208 Å². The van der Waals surface area contributed by atoms with Crippen molar-refractivity contribution in [3.63, 3.8) is 0 Å². The van der Waals surface area contributed by atoms with Gasteiger partial charge in [0, 0.05) is 21.3 Å². The van der Waals surface area contributed by atoms with E-state index >= 15 is 0 Å². The molecular formula is C27H22Cl2N2O3. The van der Waals surface area contributed by atoms with Crippen LogP contribution >= 0.6 is 23.2 Å². The average molecular weight is 493 g/mol. The van der Waals surface area contributed by atoms with Crippen molar-refractivity contribution in [2.45, 2.75) is 13.0 Å². The van der Waals surface area contributed by atoms with Gasteiger partial charge in [-0.15, -0.1) is 6.58 Å². The Morgan fingerprint density at radius 1 is 1.12 bits per heavy atom. The molecule has 3 aromatic rings. The van der Waals surface area contributed by atoms with Crippen molar-refractivity contribution >= 4 is 40.9 Å². The van der Waals surface area contributed by atoms with Gasteiger partial charge >= 0.3 is 0 Å². The Bertz CT molecular complexity index is 1280. The van der Waals surface area contributed by atoms with Gasteiger partial charge in [-0.1, -0.05) is 47.5 Å². The summed E-state index contributed by atoms with van der Waals surface area (Å²) in [5.74, 6) is 0.483. The number of anilines is 1. The minimum atomic E-state index is -0.546. The summed E-state index contributed by atoms with van der Waals surface area (Å²) in [4.78, 5) is 12.7. The number of carbonyl (C=O) groups excluding carboxylic acids is 1. The lowest BCUT2D eigenvalue weighted by atomic mass is 10.0. The first kappa shape index (κ1) is 24.9. The Kier molecular flexibility index (Phi) is 8.75. The number of methoxy groups -OCH3 is 1. The maximum absolute atomic E-state index is 12.7. The second-order valence-corrected chi connectivity index (χ2v) is 8.13. The van der Waals surface area contributed by atoms with E-state index in [9.17, 15) is 10.1 Å². The van der Waals surface area contributed by atoms with E-state index in [1.165, 1.54) is 13.2 Å². The van der Waals surface area contributed by atoms with Crippen LogP contribution < -0.4 is 14.8 Å². The van der Waals surface area contributed by atoms with Crippen LogP contribution in [0.1, 0.15) is 16.7 Å². The van der Waals surface area contributed by atoms with Crippen molar-refractivity contribution in [2.75, 3.05) is 12.4 Å². The van der Waals surface area contributed by atoms with Gasteiger partial charge in [0.15, 0.2) is 11.5 Å². The summed E-state index contributed by atoms with van der Waals surface area (Å²) >= 11 is 12.0. The summed E-state index contributed by atoms with van der Waals surface area (Å²) in [6.45, 7) is 4.11. The molecule has 0 saturated heterocycles. The van der Waals surface area contributed by atoms with Crippen molar-refractivity contribution in [1.29, 1.82) is 5.26 Å². The number of halogens is 2. The lowest BCUT2D eigenvalue weighted by Gasteiger charge is -2.16. The summed E-state index contributed by atoms with van der Waals surface area (Å²) in [6, 6.07) is 19.6. The quantitative estimate of drug-likeness (QED) is 0.201. The highest BCUT2D eigenvalue weighted by Crippen LogP contribution is 2.35. The highest BCUT2D eigenvalue weighted by atomic mass is 35.5. The van der Waals surface area contributed by atoms with E-state index in [2.05, 4.69) is 11.9 Å². The van der Waals surface area contributed by atoms with Crippen molar-refractivity contribution in [2.24, 2.45) is 0 Å². The van der Waals surface area contributed by atoms with Crippen molar-refractivity contribution in [3.05, 3.63) is 106 Å². The summed E-state index contributed by atoms with van der Waals surface area (Å²) in [5.41, 5.74) is 2.75.